The highest BCUT2D eigenvalue weighted by atomic mass is 19.3. The number of amides is 1. The maximum Gasteiger partial charge on any atom is 0.387 e. The van der Waals surface area contributed by atoms with Gasteiger partial charge in [0.1, 0.15) is 5.75 Å². The molecule has 0 spiro atoms. The average molecular weight is 285 g/mol. The normalized spacial score (nSPS) is 22.0. The third kappa shape index (κ3) is 3.45. The zero-order valence-corrected chi connectivity index (χ0v) is 10.9. The Morgan fingerprint density at radius 3 is 2.85 bits per heavy atom. The first-order valence-electron chi connectivity index (χ1n) is 6.57. The molecule has 1 aromatic rings. The maximum atomic E-state index is 12.3. The van der Waals surface area contributed by atoms with E-state index in [9.17, 15) is 18.7 Å². The number of carbonyl (C=O) groups is 1. The largest absolute Gasteiger partial charge is 0.434 e. The lowest BCUT2D eigenvalue weighted by atomic mass is 10.0. The van der Waals surface area contributed by atoms with E-state index in [1.807, 2.05) is 0 Å². The highest BCUT2D eigenvalue weighted by molar-refractivity contribution is 5.97. The number of nitrogens with one attached hydrogen (secondary N) is 1. The van der Waals surface area contributed by atoms with Crippen molar-refractivity contribution < 1.29 is 23.4 Å². The lowest BCUT2D eigenvalue weighted by molar-refractivity contribution is -0.0501. The van der Waals surface area contributed by atoms with Crippen LogP contribution in [0.5, 0.6) is 5.75 Å². The molecule has 0 aliphatic heterocycles. The highest BCUT2D eigenvalue weighted by Gasteiger charge is 2.28. The maximum absolute atomic E-state index is 12.3. The Balaban J connectivity index is 2.09. The molecule has 1 amide bonds. The molecule has 1 aromatic carbocycles. The van der Waals surface area contributed by atoms with Crippen molar-refractivity contribution in [3.63, 3.8) is 0 Å². The van der Waals surface area contributed by atoms with Gasteiger partial charge in [-0.15, -0.1) is 0 Å². The minimum absolute atomic E-state index is 0.0140. The molecule has 1 aliphatic rings. The van der Waals surface area contributed by atoms with Crippen LogP contribution in [-0.4, -0.2) is 30.3 Å². The molecule has 1 aliphatic carbocycles. The molecular formula is C14H17F2NO3. The number of carbonyl (C=O) groups excluding carboxylic acids is 1. The first-order valence-corrected chi connectivity index (χ1v) is 6.57. The molecule has 2 N–H and O–H groups in total. The number of halogens is 2. The minimum atomic E-state index is -2.97. The monoisotopic (exact) mass is 285 g/mol. The van der Waals surface area contributed by atoms with E-state index in [1.54, 1.807) is 6.07 Å². The molecule has 2 unspecified atom stereocenters. The van der Waals surface area contributed by atoms with Gasteiger partial charge >= 0.3 is 6.61 Å². The first-order chi connectivity index (χ1) is 9.61. The van der Waals surface area contributed by atoms with E-state index in [1.165, 1.54) is 18.2 Å². The lowest BCUT2D eigenvalue weighted by Gasteiger charge is -2.19. The molecule has 6 heteroatoms. The molecule has 4 nitrogen and oxygen atoms in total. The summed E-state index contributed by atoms with van der Waals surface area (Å²) in [6.07, 6.45) is 2.58. The van der Waals surface area contributed by atoms with E-state index in [-0.39, 0.29) is 29.9 Å². The van der Waals surface area contributed by atoms with Gasteiger partial charge in [0.05, 0.1) is 5.56 Å². The standard InChI is InChI=1S/C14H17F2NO3/c15-14(16)20-12-7-2-1-5-10(12)13(19)17-11-6-3-4-9(11)8-18/h1-2,5,7,9,11,14,18H,3-4,6,8H2,(H,17,19). The van der Waals surface area contributed by atoms with Crippen LogP contribution in [-0.2, 0) is 0 Å². The SMILES string of the molecule is O=C(NC1CCCC1CO)c1ccccc1OC(F)F. The summed E-state index contributed by atoms with van der Waals surface area (Å²) in [7, 11) is 0. The third-order valence-corrected chi connectivity index (χ3v) is 3.56. The number of rotatable bonds is 5. The van der Waals surface area contributed by atoms with Crippen molar-refractivity contribution in [2.45, 2.75) is 31.9 Å². The number of alkyl halides is 2. The van der Waals surface area contributed by atoms with Crippen molar-refractivity contribution in [3.05, 3.63) is 29.8 Å². The Hall–Kier alpha value is -1.69. The van der Waals surface area contributed by atoms with E-state index in [4.69, 9.17) is 0 Å². The zero-order valence-electron chi connectivity index (χ0n) is 10.9. The van der Waals surface area contributed by atoms with Gasteiger partial charge in [0, 0.05) is 18.6 Å². The van der Waals surface area contributed by atoms with Crippen LogP contribution >= 0.6 is 0 Å². The molecular weight excluding hydrogens is 268 g/mol. The second kappa shape index (κ2) is 6.65. The van der Waals surface area contributed by atoms with Crippen molar-refractivity contribution in [3.8, 4) is 5.75 Å². The zero-order chi connectivity index (χ0) is 14.5. The molecule has 1 saturated carbocycles. The minimum Gasteiger partial charge on any atom is -0.434 e. The highest BCUT2D eigenvalue weighted by Crippen LogP contribution is 2.26. The van der Waals surface area contributed by atoms with Crippen LogP contribution in [0.1, 0.15) is 29.6 Å². The van der Waals surface area contributed by atoms with Gasteiger partial charge in [-0.1, -0.05) is 18.6 Å². The summed E-state index contributed by atoms with van der Waals surface area (Å²) in [6, 6.07) is 5.77. The van der Waals surface area contributed by atoms with Gasteiger partial charge in [0.25, 0.3) is 5.91 Å². The van der Waals surface area contributed by atoms with Gasteiger partial charge in [-0.25, -0.2) is 0 Å². The summed E-state index contributed by atoms with van der Waals surface area (Å²) in [6.45, 7) is -2.96. The molecule has 1 fully saturated rings. The molecule has 0 heterocycles. The Bertz CT molecular complexity index is 467. The number of aliphatic hydroxyl groups excluding tert-OH is 1. The second-order valence-corrected chi connectivity index (χ2v) is 4.83. The topological polar surface area (TPSA) is 58.6 Å². The fourth-order valence-electron chi connectivity index (χ4n) is 2.54. The summed E-state index contributed by atoms with van der Waals surface area (Å²) in [5.74, 6) is -0.563. The second-order valence-electron chi connectivity index (χ2n) is 4.83. The van der Waals surface area contributed by atoms with Gasteiger partial charge in [-0.3, -0.25) is 4.79 Å². The summed E-state index contributed by atoms with van der Waals surface area (Å²) >= 11 is 0. The van der Waals surface area contributed by atoms with Crippen molar-refractivity contribution in [1.82, 2.24) is 5.32 Å². The number of hydrogen-bond donors (Lipinski definition) is 2. The number of aliphatic hydroxyl groups is 1. The number of hydrogen-bond acceptors (Lipinski definition) is 3. The fourth-order valence-corrected chi connectivity index (χ4v) is 2.54. The Kier molecular flexibility index (Phi) is 4.89. The van der Waals surface area contributed by atoms with E-state index in [0.29, 0.717) is 0 Å². The lowest BCUT2D eigenvalue weighted by Crippen LogP contribution is -2.38. The molecule has 0 aromatic heterocycles. The average Bonchev–Trinajstić information content (AvgIpc) is 2.85. The molecule has 2 rings (SSSR count). The quantitative estimate of drug-likeness (QED) is 0.871. The molecule has 0 bridgehead atoms. The molecule has 2 atom stereocenters. The van der Waals surface area contributed by atoms with Gasteiger partial charge in [0.2, 0.25) is 0 Å². The third-order valence-electron chi connectivity index (χ3n) is 3.56. The van der Waals surface area contributed by atoms with E-state index in [0.717, 1.165) is 19.3 Å². The van der Waals surface area contributed by atoms with Gasteiger partial charge in [0.15, 0.2) is 0 Å². The van der Waals surface area contributed by atoms with Crippen molar-refractivity contribution in [2.24, 2.45) is 5.92 Å². The van der Waals surface area contributed by atoms with Crippen LogP contribution < -0.4 is 10.1 Å². The predicted octanol–water partition coefficient (Wildman–Crippen LogP) is 2.18. The van der Waals surface area contributed by atoms with E-state index < -0.39 is 12.5 Å². The number of benzene rings is 1. The Morgan fingerprint density at radius 1 is 1.40 bits per heavy atom. The summed E-state index contributed by atoms with van der Waals surface area (Å²) < 4.78 is 28.9. The van der Waals surface area contributed by atoms with Crippen LogP contribution in [0.2, 0.25) is 0 Å². The predicted molar refractivity (Wildman–Crippen MR) is 68.8 cm³/mol. The van der Waals surface area contributed by atoms with Crippen molar-refractivity contribution in [2.75, 3.05) is 6.61 Å². The first kappa shape index (κ1) is 14.7. The molecule has 110 valence electrons. The van der Waals surface area contributed by atoms with Crippen molar-refractivity contribution in [1.29, 1.82) is 0 Å². The Labute approximate surface area is 115 Å². The smallest absolute Gasteiger partial charge is 0.387 e. The summed E-state index contributed by atoms with van der Waals surface area (Å²) in [5.41, 5.74) is 0.0800. The van der Waals surface area contributed by atoms with E-state index >= 15 is 0 Å². The molecule has 20 heavy (non-hydrogen) atoms. The fraction of sp³-hybridized carbons (Fsp3) is 0.500. The molecule has 0 radical (unpaired) electrons. The number of para-hydroxylation sites is 1. The van der Waals surface area contributed by atoms with E-state index in [2.05, 4.69) is 10.1 Å². The van der Waals surface area contributed by atoms with Gasteiger partial charge in [-0.05, 0) is 25.0 Å². The van der Waals surface area contributed by atoms with Crippen molar-refractivity contribution >= 4 is 5.91 Å². The van der Waals surface area contributed by atoms with Crippen LogP contribution in [0.4, 0.5) is 8.78 Å². The molecule has 0 saturated heterocycles. The van der Waals surface area contributed by atoms with Crippen LogP contribution in [0.25, 0.3) is 0 Å². The van der Waals surface area contributed by atoms with Gasteiger partial charge < -0.3 is 15.2 Å². The van der Waals surface area contributed by atoms with Gasteiger partial charge in [-0.2, -0.15) is 8.78 Å². The van der Waals surface area contributed by atoms with Crippen LogP contribution in [0.15, 0.2) is 24.3 Å². The Morgan fingerprint density at radius 2 is 2.15 bits per heavy atom. The number of ether oxygens (including phenoxy) is 1. The summed E-state index contributed by atoms with van der Waals surface area (Å²) in [4.78, 5) is 12.1. The summed E-state index contributed by atoms with van der Waals surface area (Å²) in [5, 5.41) is 12.0. The van der Waals surface area contributed by atoms with Crippen LogP contribution in [0, 0.1) is 5.92 Å². The van der Waals surface area contributed by atoms with Crippen LogP contribution in [0.3, 0.4) is 0 Å².